The number of benzene rings is 1. The molecule has 0 saturated carbocycles. The van der Waals surface area contributed by atoms with Gasteiger partial charge in [0.2, 0.25) is 5.09 Å². The molecular formula is C13H16N2O4S. The standard InChI is InChI=1S/C13H16N2O4S/c1-15(2)20(16,17)13-8-7-10(19-13)9-18-12-6-4-3-5-11(12)14/h3-8H,9,14H2,1-2H3. The Morgan fingerprint density at radius 3 is 2.55 bits per heavy atom. The molecule has 20 heavy (non-hydrogen) atoms. The molecule has 6 nitrogen and oxygen atoms in total. The van der Waals surface area contributed by atoms with Crippen LogP contribution in [0.5, 0.6) is 5.75 Å². The van der Waals surface area contributed by atoms with E-state index >= 15 is 0 Å². The van der Waals surface area contributed by atoms with Crippen molar-refractivity contribution >= 4 is 15.7 Å². The summed E-state index contributed by atoms with van der Waals surface area (Å²) in [5.74, 6) is 0.939. The number of rotatable bonds is 5. The molecule has 0 amide bonds. The predicted octanol–water partition coefficient (Wildman–Crippen LogP) is 1.69. The molecule has 108 valence electrons. The van der Waals surface area contributed by atoms with Crippen molar-refractivity contribution < 1.29 is 17.6 Å². The summed E-state index contributed by atoms with van der Waals surface area (Å²) in [6.45, 7) is 0.108. The summed E-state index contributed by atoms with van der Waals surface area (Å²) in [5.41, 5.74) is 6.25. The van der Waals surface area contributed by atoms with Crippen molar-refractivity contribution in [3.63, 3.8) is 0 Å². The second-order valence-corrected chi connectivity index (χ2v) is 6.42. The van der Waals surface area contributed by atoms with Crippen molar-refractivity contribution in [1.29, 1.82) is 0 Å². The summed E-state index contributed by atoms with van der Waals surface area (Å²) in [6, 6.07) is 10.0. The Morgan fingerprint density at radius 2 is 1.90 bits per heavy atom. The highest BCUT2D eigenvalue weighted by Crippen LogP contribution is 2.22. The van der Waals surface area contributed by atoms with E-state index in [0.717, 1.165) is 4.31 Å². The maximum absolute atomic E-state index is 11.8. The van der Waals surface area contributed by atoms with Gasteiger partial charge < -0.3 is 14.9 Å². The normalized spacial score (nSPS) is 11.8. The molecule has 1 aromatic heterocycles. The number of ether oxygens (including phenoxy) is 1. The highest BCUT2D eigenvalue weighted by Gasteiger charge is 2.21. The zero-order valence-corrected chi connectivity index (χ0v) is 12.1. The summed E-state index contributed by atoms with van der Waals surface area (Å²) in [5, 5.41) is -0.109. The SMILES string of the molecule is CN(C)S(=O)(=O)c1ccc(COc2ccccc2N)o1. The molecule has 0 unspecified atom stereocenters. The molecule has 0 radical (unpaired) electrons. The third-order valence-electron chi connectivity index (χ3n) is 2.66. The molecule has 1 heterocycles. The number of nitrogen functional groups attached to an aromatic ring is 1. The molecule has 0 aliphatic carbocycles. The maximum Gasteiger partial charge on any atom is 0.275 e. The fourth-order valence-corrected chi connectivity index (χ4v) is 2.33. The van der Waals surface area contributed by atoms with Crippen LogP contribution in [0.25, 0.3) is 0 Å². The smallest absolute Gasteiger partial charge is 0.275 e. The van der Waals surface area contributed by atoms with Gasteiger partial charge in [-0.15, -0.1) is 0 Å². The van der Waals surface area contributed by atoms with Gasteiger partial charge in [0.05, 0.1) is 5.69 Å². The molecule has 2 N–H and O–H groups in total. The number of furan rings is 1. The van der Waals surface area contributed by atoms with E-state index in [1.54, 1.807) is 30.3 Å². The van der Waals surface area contributed by atoms with Crippen LogP contribution in [-0.4, -0.2) is 26.8 Å². The van der Waals surface area contributed by atoms with Crippen LogP contribution in [0.1, 0.15) is 5.76 Å². The topological polar surface area (TPSA) is 85.8 Å². The molecular weight excluding hydrogens is 280 g/mol. The average molecular weight is 296 g/mol. The zero-order chi connectivity index (χ0) is 14.8. The number of para-hydroxylation sites is 2. The first-order valence-electron chi connectivity index (χ1n) is 5.90. The van der Waals surface area contributed by atoms with E-state index in [1.807, 2.05) is 0 Å². The Morgan fingerprint density at radius 1 is 1.20 bits per heavy atom. The van der Waals surface area contributed by atoms with Gasteiger partial charge in [0.1, 0.15) is 18.1 Å². The number of hydrogen-bond acceptors (Lipinski definition) is 5. The summed E-state index contributed by atoms with van der Waals surface area (Å²) in [7, 11) is -0.674. The Bertz CT molecular complexity index is 692. The summed E-state index contributed by atoms with van der Waals surface area (Å²) < 4.78 is 35.5. The van der Waals surface area contributed by atoms with E-state index in [4.69, 9.17) is 14.9 Å². The lowest BCUT2D eigenvalue weighted by Crippen LogP contribution is -2.21. The molecule has 0 spiro atoms. The first kappa shape index (κ1) is 14.4. The van der Waals surface area contributed by atoms with Gasteiger partial charge in [0, 0.05) is 14.1 Å². The molecule has 2 aromatic rings. The van der Waals surface area contributed by atoms with Crippen LogP contribution in [0.2, 0.25) is 0 Å². The molecule has 0 aliphatic heterocycles. The summed E-state index contributed by atoms with van der Waals surface area (Å²) in [4.78, 5) is 0. The highest BCUT2D eigenvalue weighted by atomic mass is 32.2. The van der Waals surface area contributed by atoms with Gasteiger partial charge in [-0.2, -0.15) is 0 Å². The minimum absolute atomic E-state index is 0.108. The van der Waals surface area contributed by atoms with Crippen molar-refractivity contribution in [2.45, 2.75) is 11.7 Å². The Kier molecular flexibility index (Phi) is 4.01. The van der Waals surface area contributed by atoms with E-state index < -0.39 is 10.0 Å². The van der Waals surface area contributed by atoms with E-state index in [2.05, 4.69) is 0 Å². The average Bonchev–Trinajstić information content (AvgIpc) is 2.87. The number of nitrogens with zero attached hydrogens (tertiary/aromatic N) is 1. The van der Waals surface area contributed by atoms with Gasteiger partial charge in [0.25, 0.3) is 10.0 Å². The van der Waals surface area contributed by atoms with Crippen molar-refractivity contribution in [2.24, 2.45) is 0 Å². The zero-order valence-electron chi connectivity index (χ0n) is 11.2. The molecule has 0 bridgehead atoms. The fraction of sp³-hybridized carbons (Fsp3) is 0.231. The van der Waals surface area contributed by atoms with E-state index in [0.29, 0.717) is 17.2 Å². The number of anilines is 1. The van der Waals surface area contributed by atoms with Gasteiger partial charge in [-0.3, -0.25) is 0 Å². The van der Waals surface area contributed by atoms with Crippen molar-refractivity contribution in [1.82, 2.24) is 4.31 Å². The summed E-state index contributed by atoms with van der Waals surface area (Å²) >= 11 is 0. The fourth-order valence-electron chi connectivity index (χ4n) is 1.52. The lowest BCUT2D eigenvalue weighted by molar-refractivity contribution is 0.258. The van der Waals surface area contributed by atoms with Crippen molar-refractivity contribution in [3.05, 3.63) is 42.2 Å². The van der Waals surface area contributed by atoms with Crippen LogP contribution in [0.15, 0.2) is 45.9 Å². The van der Waals surface area contributed by atoms with Crippen LogP contribution < -0.4 is 10.5 Å². The molecule has 2 rings (SSSR count). The van der Waals surface area contributed by atoms with Gasteiger partial charge in [-0.1, -0.05) is 12.1 Å². The minimum Gasteiger partial charge on any atom is -0.483 e. The Labute approximate surface area is 117 Å². The molecule has 1 aromatic carbocycles. The molecule has 0 fully saturated rings. The Balaban J connectivity index is 2.10. The molecule has 0 atom stereocenters. The van der Waals surface area contributed by atoms with Crippen LogP contribution in [0.3, 0.4) is 0 Å². The Hall–Kier alpha value is -1.99. The lowest BCUT2D eigenvalue weighted by atomic mass is 10.3. The monoisotopic (exact) mass is 296 g/mol. The van der Waals surface area contributed by atoms with Crippen LogP contribution in [0, 0.1) is 0 Å². The van der Waals surface area contributed by atoms with Gasteiger partial charge in [-0.05, 0) is 24.3 Å². The molecule has 0 saturated heterocycles. The first-order chi connectivity index (χ1) is 9.41. The van der Waals surface area contributed by atoms with E-state index in [-0.39, 0.29) is 11.7 Å². The van der Waals surface area contributed by atoms with Crippen LogP contribution >= 0.6 is 0 Å². The second kappa shape index (κ2) is 5.56. The van der Waals surface area contributed by atoms with Gasteiger partial charge >= 0.3 is 0 Å². The molecule has 0 aliphatic rings. The van der Waals surface area contributed by atoms with E-state index in [9.17, 15) is 8.42 Å². The highest BCUT2D eigenvalue weighted by molar-refractivity contribution is 7.88. The van der Waals surface area contributed by atoms with Gasteiger partial charge in [-0.25, -0.2) is 12.7 Å². The van der Waals surface area contributed by atoms with Gasteiger partial charge in [0.15, 0.2) is 0 Å². The van der Waals surface area contributed by atoms with Crippen molar-refractivity contribution in [3.8, 4) is 5.75 Å². The third kappa shape index (κ3) is 2.94. The number of sulfonamides is 1. The quantitative estimate of drug-likeness (QED) is 0.849. The van der Waals surface area contributed by atoms with Crippen LogP contribution in [0.4, 0.5) is 5.69 Å². The lowest BCUT2D eigenvalue weighted by Gasteiger charge is -2.08. The largest absolute Gasteiger partial charge is 0.483 e. The number of nitrogens with two attached hydrogens (primary N) is 1. The van der Waals surface area contributed by atoms with Crippen molar-refractivity contribution in [2.75, 3.05) is 19.8 Å². The first-order valence-corrected chi connectivity index (χ1v) is 7.34. The second-order valence-electron chi connectivity index (χ2n) is 4.33. The minimum atomic E-state index is -3.56. The van der Waals surface area contributed by atoms with E-state index in [1.165, 1.54) is 20.2 Å². The van der Waals surface area contributed by atoms with Crippen LogP contribution in [-0.2, 0) is 16.6 Å². The third-order valence-corrected chi connectivity index (χ3v) is 4.35. The maximum atomic E-state index is 11.8. The number of hydrogen-bond donors (Lipinski definition) is 1. The summed E-state index contributed by atoms with van der Waals surface area (Å²) in [6.07, 6.45) is 0. The predicted molar refractivity (Wildman–Crippen MR) is 74.8 cm³/mol. The molecule has 7 heteroatoms.